The van der Waals surface area contributed by atoms with Crippen LogP contribution in [-0.2, 0) is 5.75 Å². The van der Waals surface area contributed by atoms with Crippen LogP contribution in [0.2, 0.25) is 0 Å². The molecule has 3 aromatic rings. The Morgan fingerprint density at radius 3 is 2.87 bits per heavy atom. The predicted molar refractivity (Wildman–Crippen MR) is 118 cm³/mol. The number of rotatable bonds is 4. The van der Waals surface area contributed by atoms with Crippen LogP contribution in [0.3, 0.4) is 0 Å². The maximum absolute atomic E-state index is 13.2. The van der Waals surface area contributed by atoms with Crippen molar-refractivity contribution in [3.8, 4) is 0 Å². The highest BCUT2D eigenvalue weighted by molar-refractivity contribution is 7.98. The van der Waals surface area contributed by atoms with E-state index < -0.39 is 0 Å². The summed E-state index contributed by atoms with van der Waals surface area (Å²) in [5.74, 6) is 1.80. The van der Waals surface area contributed by atoms with E-state index in [2.05, 4.69) is 25.8 Å². The van der Waals surface area contributed by atoms with Gasteiger partial charge in [-0.1, -0.05) is 38.6 Å². The Bertz CT molecular complexity index is 1110. The number of benzene rings is 1. The van der Waals surface area contributed by atoms with Crippen molar-refractivity contribution in [2.24, 2.45) is 10.8 Å². The smallest absolute Gasteiger partial charge is 0.289 e. The molecule has 158 valence electrons. The van der Waals surface area contributed by atoms with Crippen LogP contribution in [0.15, 0.2) is 44.4 Å². The molecule has 1 aliphatic carbocycles. The van der Waals surface area contributed by atoms with Gasteiger partial charge in [0, 0.05) is 12.6 Å². The van der Waals surface area contributed by atoms with E-state index in [-0.39, 0.29) is 16.7 Å². The average Bonchev–Trinajstić information content (AvgIpc) is 3.33. The summed E-state index contributed by atoms with van der Waals surface area (Å²) in [7, 11) is 0. The van der Waals surface area contributed by atoms with Crippen molar-refractivity contribution in [3.05, 3.63) is 47.4 Å². The zero-order valence-corrected chi connectivity index (χ0v) is 18.8. The molecule has 2 aromatic heterocycles. The van der Waals surface area contributed by atoms with E-state index in [1.807, 2.05) is 42.2 Å². The molecule has 6 heteroatoms. The second-order valence-electron chi connectivity index (χ2n) is 10.2. The minimum atomic E-state index is 0.0232. The monoisotopic (exact) mass is 424 g/mol. The molecule has 0 radical (unpaired) electrons. The van der Waals surface area contributed by atoms with Gasteiger partial charge in [-0.3, -0.25) is 4.79 Å². The van der Waals surface area contributed by atoms with E-state index in [1.165, 1.54) is 18.2 Å². The second kappa shape index (κ2) is 6.91. The summed E-state index contributed by atoms with van der Waals surface area (Å²) in [5.41, 5.74) is 3.32. The summed E-state index contributed by atoms with van der Waals surface area (Å²) in [6.07, 6.45) is 3.34. The van der Waals surface area contributed by atoms with Crippen LogP contribution in [0.4, 0.5) is 0 Å². The first kappa shape index (κ1) is 19.7. The Labute approximate surface area is 181 Å². The van der Waals surface area contributed by atoms with Gasteiger partial charge in [-0.05, 0) is 66.8 Å². The number of carbonyl (C=O) groups excluding carboxylic acids is 1. The van der Waals surface area contributed by atoms with Crippen LogP contribution < -0.4 is 0 Å². The molecule has 30 heavy (non-hydrogen) atoms. The molecule has 0 N–H and O–H groups in total. The molecule has 5 nitrogen and oxygen atoms in total. The van der Waals surface area contributed by atoms with Gasteiger partial charge in [-0.2, -0.15) is 0 Å². The van der Waals surface area contributed by atoms with Gasteiger partial charge in [0.2, 0.25) is 0 Å². The molecule has 3 heterocycles. The molecule has 2 aliphatic rings. The molecule has 2 fully saturated rings. The quantitative estimate of drug-likeness (QED) is 0.476. The number of hydrogen-bond donors (Lipinski definition) is 0. The number of furan rings is 1. The molecule has 2 atom stereocenters. The van der Waals surface area contributed by atoms with E-state index in [1.54, 1.807) is 0 Å². The van der Waals surface area contributed by atoms with E-state index in [9.17, 15) is 4.79 Å². The van der Waals surface area contributed by atoms with Gasteiger partial charge >= 0.3 is 0 Å². The van der Waals surface area contributed by atoms with Gasteiger partial charge in [0.15, 0.2) is 11.3 Å². The highest BCUT2D eigenvalue weighted by Crippen LogP contribution is 2.52. The molecule has 2 unspecified atom stereocenters. The molecule has 0 spiro atoms. The number of aromatic nitrogens is 1. The fraction of sp³-hybridized carbons (Fsp3) is 0.500. The Morgan fingerprint density at radius 2 is 2.03 bits per heavy atom. The predicted octanol–water partition coefficient (Wildman–Crippen LogP) is 6.06. The molecule has 5 rings (SSSR count). The first-order valence-electron chi connectivity index (χ1n) is 10.6. The van der Waals surface area contributed by atoms with Crippen LogP contribution in [0.25, 0.3) is 11.1 Å². The van der Waals surface area contributed by atoms with Crippen LogP contribution in [0.1, 0.15) is 61.9 Å². The summed E-state index contributed by atoms with van der Waals surface area (Å²) in [6.45, 7) is 9.83. The fourth-order valence-electron chi connectivity index (χ4n) is 5.62. The number of nitrogens with zero attached hydrogens (tertiary/aromatic N) is 2. The molecule has 1 saturated carbocycles. The first-order valence-corrected chi connectivity index (χ1v) is 11.6. The van der Waals surface area contributed by atoms with Gasteiger partial charge < -0.3 is 13.7 Å². The fourth-order valence-corrected chi connectivity index (χ4v) is 6.35. The summed E-state index contributed by atoms with van der Waals surface area (Å²) < 4.78 is 11.7. The molecule has 1 amide bonds. The normalized spacial score (nSPS) is 25.2. The topological polar surface area (TPSA) is 59.5 Å². The largest absolute Gasteiger partial charge is 0.455 e. The molecular weight excluding hydrogens is 396 g/mol. The Morgan fingerprint density at radius 1 is 1.20 bits per heavy atom. The molecule has 1 saturated heterocycles. The lowest BCUT2D eigenvalue weighted by molar-refractivity contribution is 0.0675. The Kier molecular flexibility index (Phi) is 4.54. The van der Waals surface area contributed by atoms with Gasteiger partial charge in [-0.15, -0.1) is 0 Å². The molecule has 2 bridgehead atoms. The second-order valence-corrected chi connectivity index (χ2v) is 11.1. The Hall–Kier alpha value is -2.21. The maximum Gasteiger partial charge on any atom is 0.289 e. The number of fused-ring (bicyclic) bond motifs is 3. The van der Waals surface area contributed by atoms with Crippen molar-refractivity contribution in [1.29, 1.82) is 0 Å². The number of carbonyl (C=O) groups is 1. The first-order chi connectivity index (χ1) is 14.2. The maximum atomic E-state index is 13.2. The van der Waals surface area contributed by atoms with E-state index in [0.717, 1.165) is 41.8 Å². The molecular formula is C24H28N2O3S. The average molecular weight is 425 g/mol. The lowest BCUT2D eigenvalue weighted by Crippen LogP contribution is -2.37. The third kappa shape index (κ3) is 3.66. The molecule has 1 aromatic carbocycles. The highest BCUT2D eigenvalue weighted by Gasteiger charge is 2.51. The van der Waals surface area contributed by atoms with Crippen LogP contribution in [0, 0.1) is 17.8 Å². The number of thioether (sulfide) groups is 1. The summed E-state index contributed by atoms with van der Waals surface area (Å²) in [4.78, 5) is 19.8. The van der Waals surface area contributed by atoms with Crippen LogP contribution >= 0.6 is 11.8 Å². The number of amides is 1. The van der Waals surface area contributed by atoms with Gasteiger partial charge in [0.05, 0.1) is 5.75 Å². The number of aryl methyl sites for hydroxylation is 1. The Balaban J connectivity index is 1.26. The van der Waals surface area contributed by atoms with Crippen molar-refractivity contribution in [1.82, 2.24) is 9.88 Å². The van der Waals surface area contributed by atoms with Gasteiger partial charge in [0.1, 0.15) is 11.3 Å². The lowest BCUT2D eigenvalue weighted by Gasteiger charge is -2.39. The van der Waals surface area contributed by atoms with Crippen molar-refractivity contribution >= 4 is 28.8 Å². The number of oxazole rings is 1. The van der Waals surface area contributed by atoms with Crippen LogP contribution in [0.5, 0.6) is 0 Å². The lowest BCUT2D eigenvalue weighted by atomic mass is 9.65. The summed E-state index contributed by atoms with van der Waals surface area (Å²) >= 11 is 1.48. The standard InChI is InChI=1S/C24H28N2O3S/c1-15-5-7-19-18(9-15)25-22(29-19)30-12-17-6-8-20(28-17)21(27)26-14-24(4)11-16(26)10-23(2,3)13-24/h5-9,16H,10-14H2,1-4H3. The van der Waals surface area contributed by atoms with Gasteiger partial charge in [-0.25, -0.2) is 4.98 Å². The minimum Gasteiger partial charge on any atom is -0.455 e. The minimum absolute atomic E-state index is 0.0232. The zero-order chi connectivity index (χ0) is 21.1. The summed E-state index contributed by atoms with van der Waals surface area (Å²) in [5, 5.41) is 0.614. The number of hydrogen-bond acceptors (Lipinski definition) is 5. The van der Waals surface area contributed by atoms with Crippen molar-refractivity contribution in [3.63, 3.8) is 0 Å². The van der Waals surface area contributed by atoms with E-state index >= 15 is 0 Å². The SMILES string of the molecule is Cc1ccc2oc(SCc3ccc(C(=O)N4CC5(C)CC4CC(C)(C)C5)o3)nc2c1. The third-order valence-electron chi connectivity index (χ3n) is 6.41. The third-order valence-corrected chi connectivity index (χ3v) is 7.26. The number of likely N-dealkylation sites (tertiary alicyclic amines) is 1. The summed E-state index contributed by atoms with van der Waals surface area (Å²) in [6, 6.07) is 9.99. The van der Waals surface area contributed by atoms with Crippen molar-refractivity contribution < 1.29 is 13.6 Å². The zero-order valence-electron chi connectivity index (χ0n) is 18.0. The van der Waals surface area contributed by atoms with Gasteiger partial charge in [0.25, 0.3) is 11.1 Å². The molecule has 1 aliphatic heterocycles. The highest BCUT2D eigenvalue weighted by atomic mass is 32.2. The van der Waals surface area contributed by atoms with E-state index in [4.69, 9.17) is 8.83 Å². The van der Waals surface area contributed by atoms with Crippen molar-refractivity contribution in [2.45, 2.75) is 64.0 Å². The van der Waals surface area contributed by atoms with E-state index in [0.29, 0.717) is 22.8 Å². The van der Waals surface area contributed by atoms with Crippen LogP contribution in [-0.4, -0.2) is 28.4 Å². The van der Waals surface area contributed by atoms with Crippen molar-refractivity contribution in [2.75, 3.05) is 6.54 Å².